The number of nitrogens with one attached hydrogen (secondary N) is 1. The molecule has 1 aromatic heterocycles. The standard InChI is InChI=1S/C20H15F2N3O2S/c1-2-27-14-6-3-12(4-7-14)20-25-18(11-28-20)19(26)24-17(10-23)15-8-5-13(21)9-16(15)22/h3-9,11,17H,2H2,1H3,(H,24,26). The Balaban J connectivity index is 1.75. The molecule has 28 heavy (non-hydrogen) atoms. The first-order valence-electron chi connectivity index (χ1n) is 8.36. The van der Waals surface area contributed by atoms with E-state index in [0.717, 1.165) is 23.4 Å². The van der Waals surface area contributed by atoms with Gasteiger partial charge in [-0.2, -0.15) is 5.26 Å². The minimum atomic E-state index is -1.26. The molecule has 1 unspecified atom stereocenters. The third-order valence-electron chi connectivity index (χ3n) is 3.83. The monoisotopic (exact) mass is 399 g/mol. The van der Waals surface area contributed by atoms with Crippen LogP contribution in [0.4, 0.5) is 8.78 Å². The number of hydrogen-bond donors (Lipinski definition) is 1. The predicted octanol–water partition coefficient (Wildman–Crippen LogP) is 4.48. The van der Waals surface area contributed by atoms with Crippen LogP contribution in [0.25, 0.3) is 10.6 Å². The van der Waals surface area contributed by atoms with E-state index in [1.807, 2.05) is 31.2 Å². The van der Waals surface area contributed by atoms with E-state index in [1.165, 1.54) is 11.3 Å². The van der Waals surface area contributed by atoms with Crippen molar-refractivity contribution in [3.63, 3.8) is 0 Å². The lowest BCUT2D eigenvalue weighted by Crippen LogP contribution is -2.28. The third-order valence-corrected chi connectivity index (χ3v) is 4.72. The molecule has 3 aromatic rings. The van der Waals surface area contributed by atoms with Gasteiger partial charge in [0.1, 0.15) is 34.1 Å². The summed E-state index contributed by atoms with van der Waals surface area (Å²) >= 11 is 1.27. The second-order valence-electron chi connectivity index (χ2n) is 5.70. The van der Waals surface area contributed by atoms with Crippen LogP contribution in [-0.4, -0.2) is 17.5 Å². The first kappa shape index (κ1) is 19.5. The summed E-state index contributed by atoms with van der Waals surface area (Å²) in [6.45, 7) is 2.46. The Hall–Kier alpha value is -3.31. The van der Waals surface area contributed by atoms with Crippen molar-refractivity contribution in [1.29, 1.82) is 5.26 Å². The molecule has 0 spiro atoms. The van der Waals surface area contributed by atoms with Crippen LogP contribution in [0.2, 0.25) is 0 Å². The molecule has 1 heterocycles. The third kappa shape index (κ3) is 4.32. The smallest absolute Gasteiger partial charge is 0.272 e. The van der Waals surface area contributed by atoms with Gasteiger partial charge in [-0.1, -0.05) is 6.07 Å². The molecule has 1 atom stereocenters. The zero-order chi connectivity index (χ0) is 20.1. The lowest BCUT2D eigenvalue weighted by Gasteiger charge is -2.12. The van der Waals surface area contributed by atoms with E-state index >= 15 is 0 Å². The Bertz CT molecular complexity index is 1030. The van der Waals surface area contributed by atoms with Crippen molar-refractivity contribution in [3.8, 4) is 22.4 Å². The van der Waals surface area contributed by atoms with Crippen LogP contribution in [0.5, 0.6) is 5.75 Å². The van der Waals surface area contributed by atoms with E-state index in [4.69, 9.17) is 4.74 Å². The minimum Gasteiger partial charge on any atom is -0.494 e. The first-order chi connectivity index (χ1) is 13.5. The second-order valence-corrected chi connectivity index (χ2v) is 6.55. The van der Waals surface area contributed by atoms with Crippen molar-refractivity contribution in [2.45, 2.75) is 13.0 Å². The van der Waals surface area contributed by atoms with Crippen LogP contribution in [0, 0.1) is 23.0 Å². The summed E-state index contributed by atoms with van der Waals surface area (Å²) in [5, 5.41) is 13.9. The number of hydrogen-bond acceptors (Lipinski definition) is 5. The number of rotatable bonds is 6. The average molecular weight is 399 g/mol. The summed E-state index contributed by atoms with van der Waals surface area (Å²) in [6, 6.07) is 10.6. The molecule has 0 saturated heterocycles. The molecule has 8 heteroatoms. The maximum absolute atomic E-state index is 13.9. The van der Waals surface area contributed by atoms with Gasteiger partial charge in [0.15, 0.2) is 0 Å². The molecule has 0 aliphatic heterocycles. The number of amides is 1. The Morgan fingerprint density at radius 3 is 2.68 bits per heavy atom. The zero-order valence-electron chi connectivity index (χ0n) is 14.8. The number of benzene rings is 2. The van der Waals surface area contributed by atoms with Crippen molar-refractivity contribution in [2.24, 2.45) is 0 Å². The fraction of sp³-hybridized carbons (Fsp3) is 0.150. The van der Waals surface area contributed by atoms with Crippen molar-refractivity contribution in [3.05, 3.63) is 70.7 Å². The van der Waals surface area contributed by atoms with Gasteiger partial charge >= 0.3 is 0 Å². The fourth-order valence-corrected chi connectivity index (χ4v) is 3.30. The van der Waals surface area contributed by atoms with Crippen molar-refractivity contribution in [2.75, 3.05) is 6.61 Å². The Kier molecular flexibility index (Phi) is 5.96. The summed E-state index contributed by atoms with van der Waals surface area (Å²) in [6.07, 6.45) is 0. The average Bonchev–Trinajstić information content (AvgIpc) is 3.18. The van der Waals surface area contributed by atoms with Gasteiger partial charge in [-0.25, -0.2) is 13.8 Å². The highest BCUT2D eigenvalue weighted by Gasteiger charge is 2.21. The van der Waals surface area contributed by atoms with E-state index in [2.05, 4.69) is 10.3 Å². The van der Waals surface area contributed by atoms with E-state index in [1.54, 1.807) is 11.4 Å². The van der Waals surface area contributed by atoms with Gasteiger partial charge in [0, 0.05) is 22.6 Å². The van der Waals surface area contributed by atoms with Gasteiger partial charge < -0.3 is 10.1 Å². The van der Waals surface area contributed by atoms with Crippen LogP contribution in [0.3, 0.4) is 0 Å². The summed E-state index contributed by atoms with van der Waals surface area (Å²) in [5.74, 6) is -1.55. The highest BCUT2D eigenvalue weighted by Crippen LogP contribution is 2.26. The topological polar surface area (TPSA) is 75.0 Å². The number of nitrogens with zero attached hydrogens (tertiary/aromatic N) is 2. The molecule has 0 aliphatic rings. The molecular formula is C20H15F2N3O2S. The van der Waals surface area contributed by atoms with Crippen LogP contribution >= 0.6 is 11.3 Å². The quantitative estimate of drug-likeness (QED) is 0.663. The molecule has 1 amide bonds. The summed E-state index contributed by atoms with van der Waals surface area (Å²) in [7, 11) is 0. The summed E-state index contributed by atoms with van der Waals surface area (Å²) in [4.78, 5) is 16.7. The molecule has 5 nitrogen and oxygen atoms in total. The van der Waals surface area contributed by atoms with Gasteiger partial charge in [-0.05, 0) is 37.3 Å². The molecule has 0 bridgehead atoms. The van der Waals surface area contributed by atoms with Crippen LogP contribution in [0.1, 0.15) is 29.0 Å². The molecule has 142 valence electrons. The largest absolute Gasteiger partial charge is 0.494 e. The zero-order valence-corrected chi connectivity index (χ0v) is 15.6. The normalized spacial score (nSPS) is 11.5. The van der Waals surface area contributed by atoms with E-state index < -0.39 is 23.6 Å². The van der Waals surface area contributed by atoms with Gasteiger partial charge in [0.2, 0.25) is 0 Å². The molecular weight excluding hydrogens is 384 g/mol. The van der Waals surface area contributed by atoms with Crippen molar-refractivity contribution < 1.29 is 18.3 Å². The Labute approximate surface area is 164 Å². The summed E-state index contributed by atoms with van der Waals surface area (Å²) < 4.78 is 32.3. The van der Waals surface area contributed by atoms with Crippen LogP contribution in [0.15, 0.2) is 47.8 Å². The molecule has 1 N–H and O–H groups in total. The number of halogens is 2. The Morgan fingerprint density at radius 1 is 1.29 bits per heavy atom. The fourth-order valence-electron chi connectivity index (χ4n) is 2.49. The maximum Gasteiger partial charge on any atom is 0.272 e. The van der Waals surface area contributed by atoms with Gasteiger partial charge in [0.05, 0.1) is 12.7 Å². The van der Waals surface area contributed by atoms with E-state index in [-0.39, 0.29) is 11.3 Å². The number of carbonyl (C=O) groups excluding carboxylic acids is 1. The van der Waals surface area contributed by atoms with Crippen molar-refractivity contribution in [1.82, 2.24) is 10.3 Å². The van der Waals surface area contributed by atoms with E-state index in [9.17, 15) is 18.8 Å². The van der Waals surface area contributed by atoms with Crippen LogP contribution < -0.4 is 10.1 Å². The van der Waals surface area contributed by atoms with Gasteiger partial charge in [-0.15, -0.1) is 11.3 Å². The van der Waals surface area contributed by atoms with Gasteiger partial charge in [0.25, 0.3) is 5.91 Å². The molecule has 2 aromatic carbocycles. The minimum absolute atomic E-state index is 0.108. The molecule has 0 fully saturated rings. The lowest BCUT2D eigenvalue weighted by molar-refractivity contribution is 0.0940. The molecule has 0 radical (unpaired) electrons. The highest BCUT2D eigenvalue weighted by molar-refractivity contribution is 7.13. The highest BCUT2D eigenvalue weighted by atomic mass is 32.1. The summed E-state index contributed by atoms with van der Waals surface area (Å²) in [5.41, 5.74) is 0.810. The number of nitriles is 1. The van der Waals surface area contributed by atoms with Crippen molar-refractivity contribution >= 4 is 17.2 Å². The second kappa shape index (κ2) is 8.59. The number of aromatic nitrogens is 1. The predicted molar refractivity (Wildman–Crippen MR) is 101 cm³/mol. The van der Waals surface area contributed by atoms with Gasteiger partial charge in [-0.3, -0.25) is 4.79 Å². The number of ether oxygens (including phenoxy) is 1. The maximum atomic E-state index is 13.9. The molecule has 3 rings (SSSR count). The SMILES string of the molecule is CCOc1ccc(-c2nc(C(=O)NC(C#N)c3ccc(F)cc3F)cs2)cc1. The lowest BCUT2D eigenvalue weighted by atomic mass is 10.1. The van der Waals surface area contributed by atoms with E-state index in [0.29, 0.717) is 17.7 Å². The number of carbonyl (C=O) groups is 1. The molecule has 0 saturated carbocycles. The molecule has 0 aliphatic carbocycles. The van der Waals surface area contributed by atoms with Crippen LogP contribution in [-0.2, 0) is 0 Å². The first-order valence-corrected chi connectivity index (χ1v) is 9.24. The Morgan fingerprint density at radius 2 is 2.04 bits per heavy atom. The number of thiazole rings is 1.